The second-order valence-electron chi connectivity index (χ2n) is 4.37. The molecule has 2 fully saturated rings. The number of amides is 2. The van der Waals surface area contributed by atoms with Gasteiger partial charge in [-0.05, 0) is 19.8 Å². The third kappa shape index (κ3) is 2.12. The number of rotatable bonds is 2. The number of nitrogens with two attached hydrogens (primary N) is 1. The summed E-state index contributed by atoms with van der Waals surface area (Å²) in [5.41, 5.74) is 5.50. The fourth-order valence-electron chi connectivity index (χ4n) is 1.93. The highest BCUT2D eigenvalue weighted by atomic mass is 16.2. The second-order valence-corrected chi connectivity index (χ2v) is 4.37. The minimum atomic E-state index is -0.509. The van der Waals surface area contributed by atoms with Crippen molar-refractivity contribution >= 4 is 11.8 Å². The predicted molar refractivity (Wildman–Crippen MR) is 55.0 cm³/mol. The summed E-state index contributed by atoms with van der Waals surface area (Å²) in [5, 5.41) is 0. The molecule has 1 unspecified atom stereocenters. The molecule has 2 aliphatic rings. The number of carbonyl (C=O) groups is 2. The van der Waals surface area contributed by atoms with Crippen LogP contribution in [0.25, 0.3) is 0 Å². The van der Waals surface area contributed by atoms with E-state index in [-0.39, 0.29) is 18.4 Å². The van der Waals surface area contributed by atoms with Crippen molar-refractivity contribution in [3.63, 3.8) is 0 Å². The summed E-state index contributed by atoms with van der Waals surface area (Å²) in [6.07, 6.45) is 2.24. The van der Waals surface area contributed by atoms with Gasteiger partial charge in [0, 0.05) is 19.1 Å². The molecule has 0 spiro atoms. The third-order valence-electron chi connectivity index (χ3n) is 2.95. The Hall–Kier alpha value is -1.10. The Morgan fingerprint density at radius 3 is 2.60 bits per heavy atom. The Morgan fingerprint density at radius 2 is 2.13 bits per heavy atom. The Balaban J connectivity index is 1.93. The summed E-state index contributed by atoms with van der Waals surface area (Å²) in [6, 6.07) is -0.0599. The lowest BCUT2D eigenvalue weighted by atomic mass is 10.2. The molecule has 1 atom stereocenters. The molecule has 2 N–H and O–H groups in total. The van der Waals surface area contributed by atoms with Crippen LogP contribution in [0.1, 0.15) is 19.8 Å². The van der Waals surface area contributed by atoms with Gasteiger partial charge in [0.25, 0.3) is 0 Å². The van der Waals surface area contributed by atoms with Crippen molar-refractivity contribution in [2.75, 3.05) is 19.6 Å². The highest BCUT2D eigenvalue weighted by Crippen LogP contribution is 2.27. The van der Waals surface area contributed by atoms with E-state index >= 15 is 0 Å². The molecule has 1 aliphatic heterocycles. The van der Waals surface area contributed by atoms with Gasteiger partial charge in [0.2, 0.25) is 11.8 Å². The van der Waals surface area contributed by atoms with E-state index in [1.807, 2.05) is 4.90 Å². The zero-order chi connectivity index (χ0) is 11.0. The molecule has 1 saturated heterocycles. The summed E-state index contributed by atoms with van der Waals surface area (Å²) < 4.78 is 0. The van der Waals surface area contributed by atoms with Gasteiger partial charge in [-0.1, -0.05) is 0 Å². The monoisotopic (exact) mass is 211 g/mol. The molecule has 0 bridgehead atoms. The zero-order valence-electron chi connectivity index (χ0n) is 8.98. The Morgan fingerprint density at radius 1 is 1.47 bits per heavy atom. The molecule has 84 valence electrons. The fourth-order valence-corrected chi connectivity index (χ4v) is 1.93. The first kappa shape index (κ1) is 10.4. The number of hydrogen-bond acceptors (Lipinski definition) is 3. The molecule has 2 amide bonds. The van der Waals surface area contributed by atoms with E-state index in [1.165, 1.54) is 0 Å². The number of piperazine rings is 1. The molecule has 2 rings (SSSR count). The van der Waals surface area contributed by atoms with Crippen molar-refractivity contribution < 1.29 is 9.59 Å². The van der Waals surface area contributed by atoms with E-state index in [1.54, 1.807) is 11.8 Å². The quantitative estimate of drug-likeness (QED) is 0.648. The first-order valence-electron chi connectivity index (χ1n) is 5.43. The van der Waals surface area contributed by atoms with Gasteiger partial charge in [0.15, 0.2) is 0 Å². The molecule has 0 aromatic heterocycles. The fraction of sp³-hybridized carbons (Fsp3) is 0.800. The molecule has 0 aromatic carbocycles. The van der Waals surface area contributed by atoms with Crippen molar-refractivity contribution in [1.82, 2.24) is 9.80 Å². The van der Waals surface area contributed by atoms with Gasteiger partial charge in [-0.25, -0.2) is 0 Å². The summed E-state index contributed by atoms with van der Waals surface area (Å²) in [4.78, 5) is 26.7. The van der Waals surface area contributed by atoms with Crippen molar-refractivity contribution in [3.05, 3.63) is 0 Å². The normalized spacial score (nSPS) is 24.3. The summed E-state index contributed by atoms with van der Waals surface area (Å²) in [6.45, 7) is 3.15. The minimum Gasteiger partial charge on any atom is -0.336 e. The van der Waals surface area contributed by atoms with Gasteiger partial charge >= 0.3 is 0 Å². The highest BCUT2D eigenvalue weighted by Gasteiger charge is 2.37. The molecule has 0 radical (unpaired) electrons. The Labute approximate surface area is 89.2 Å². The average molecular weight is 211 g/mol. The standard InChI is InChI=1S/C10H17N3O2/c1-7(11)10(15)12-4-5-13(8-2-3-8)9(14)6-12/h7-8H,2-6,11H2,1H3. The molecule has 5 heteroatoms. The predicted octanol–water partition coefficient (Wildman–Crippen LogP) is -0.833. The van der Waals surface area contributed by atoms with Crippen LogP contribution in [0.4, 0.5) is 0 Å². The van der Waals surface area contributed by atoms with Crippen molar-refractivity contribution in [3.8, 4) is 0 Å². The maximum atomic E-state index is 11.7. The van der Waals surface area contributed by atoms with E-state index < -0.39 is 6.04 Å². The maximum Gasteiger partial charge on any atom is 0.242 e. The first-order valence-corrected chi connectivity index (χ1v) is 5.43. The molecule has 1 aliphatic carbocycles. The van der Waals surface area contributed by atoms with Crippen LogP contribution in [0.15, 0.2) is 0 Å². The summed E-state index contributed by atoms with van der Waals surface area (Å²) in [5.74, 6) is -0.0588. The Kier molecular flexibility index (Phi) is 2.65. The maximum absolute atomic E-state index is 11.7. The van der Waals surface area contributed by atoms with Crippen LogP contribution >= 0.6 is 0 Å². The molecular weight excluding hydrogens is 194 g/mol. The zero-order valence-corrected chi connectivity index (χ0v) is 8.98. The van der Waals surface area contributed by atoms with Gasteiger partial charge < -0.3 is 15.5 Å². The van der Waals surface area contributed by atoms with E-state index in [2.05, 4.69) is 0 Å². The van der Waals surface area contributed by atoms with E-state index in [9.17, 15) is 9.59 Å². The molecule has 0 aromatic rings. The molecular formula is C10H17N3O2. The van der Waals surface area contributed by atoms with Gasteiger partial charge in [-0.3, -0.25) is 9.59 Å². The lowest BCUT2D eigenvalue weighted by Gasteiger charge is -2.35. The van der Waals surface area contributed by atoms with Crippen LogP contribution in [0.5, 0.6) is 0 Å². The topological polar surface area (TPSA) is 66.6 Å². The molecule has 15 heavy (non-hydrogen) atoms. The lowest BCUT2D eigenvalue weighted by molar-refractivity contribution is -0.146. The number of nitrogens with zero attached hydrogens (tertiary/aromatic N) is 2. The smallest absolute Gasteiger partial charge is 0.242 e. The van der Waals surface area contributed by atoms with Crippen LogP contribution in [0.3, 0.4) is 0 Å². The number of hydrogen-bond donors (Lipinski definition) is 1. The first-order chi connectivity index (χ1) is 7.09. The summed E-state index contributed by atoms with van der Waals surface area (Å²) >= 11 is 0. The third-order valence-corrected chi connectivity index (χ3v) is 2.95. The molecule has 5 nitrogen and oxygen atoms in total. The second kappa shape index (κ2) is 3.81. The van der Waals surface area contributed by atoms with Crippen LogP contribution in [-0.4, -0.2) is 53.3 Å². The van der Waals surface area contributed by atoms with E-state index in [4.69, 9.17) is 5.73 Å². The lowest BCUT2D eigenvalue weighted by Crippen LogP contribution is -2.55. The van der Waals surface area contributed by atoms with Crippen molar-refractivity contribution in [1.29, 1.82) is 0 Å². The van der Waals surface area contributed by atoms with E-state index in [0.717, 1.165) is 12.8 Å². The Bertz CT molecular complexity index is 286. The minimum absolute atomic E-state index is 0.0674. The van der Waals surface area contributed by atoms with Crippen molar-refractivity contribution in [2.45, 2.75) is 31.8 Å². The largest absolute Gasteiger partial charge is 0.336 e. The van der Waals surface area contributed by atoms with E-state index in [0.29, 0.717) is 19.1 Å². The highest BCUT2D eigenvalue weighted by molar-refractivity contribution is 5.88. The van der Waals surface area contributed by atoms with Crippen molar-refractivity contribution in [2.24, 2.45) is 5.73 Å². The van der Waals surface area contributed by atoms with Gasteiger partial charge in [-0.2, -0.15) is 0 Å². The van der Waals surface area contributed by atoms with Crippen LogP contribution in [0.2, 0.25) is 0 Å². The SMILES string of the molecule is CC(N)C(=O)N1CCN(C2CC2)C(=O)C1. The van der Waals surface area contributed by atoms with Gasteiger partial charge in [0.05, 0.1) is 12.6 Å². The van der Waals surface area contributed by atoms with Crippen LogP contribution in [-0.2, 0) is 9.59 Å². The average Bonchev–Trinajstić information content (AvgIpc) is 3.00. The number of carbonyl (C=O) groups excluding carboxylic acids is 2. The van der Waals surface area contributed by atoms with Crippen LogP contribution < -0.4 is 5.73 Å². The molecule has 1 saturated carbocycles. The van der Waals surface area contributed by atoms with Gasteiger partial charge in [0.1, 0.15) is 0 Å². The molecule has 1 heterocycles. The summed E-state index contributed by atoms with van der Waals surface area (Å²) in [7, 11) is 0. The van der Waals surface area contributed by atoms with Gasteiger partial charge in [-0.15, -0.1) is 0 Å². The van der Waals surface area contributed by atoms with Crippen LogP contribution in [0, 0.1) is 0 Å².